The molecule has 0 aromatic heterocycles. The van der Waals surface area contributed by atoms with Crippen molar-refractivity contribution in [2.45, 2.75) is 32.1 Å². The molecule has 26 heavy (non-hydrogen) atoms. The maximum atomic E-state index is 13.2. The Morgan fingerprint density at radius 2 is 1.73 bits per heavy atom. The van der Waals surface area contributed by atoms with Crippen LogP contribution in [0.15, 0.2) is 29.3 Å². The van der Waals surface area contributed by atoms with Gasteiger partial charge >= 0.3 is 0 Å². The summed E-state index contributed by atoms with van der Waals surface area (Å²) in [4.78, 5) is 20.5. The number of aliphatic imine (C=N–C) groups is 1. The smallest absolute Gasteiger partial charge is 0.219 e. The number of nitrogens with zero attached hydrogens (tertiary/aromatic N) is 3. The van der Waals surface area contributed by atoms with Crippen LogP contribution in [0, 0.1) is 5.82 Å². The Hall–Kier alpha value is -1.38. The molecule has 1 N–H and O–H groups in total. The summed E-state index contributed by atoms with van der Waals surface area (Å²) in [5.41, 5.74) is 1.24. The molecule has 144 valence electrons. The zero-order valence-electron chi connectivity index (χ0n) is 15.5. The zero-order valence-corrected chi connectivity index (χ0v) is 17.8. The summed E-state index contributed by atoms with van der Waals surface area (Å²) in [7, 11) is 0. The lowest BCUT2D eigenvalue weighted by Gasteiger charge is -2.36. The Bertz CT molecular complexity index is 637. The molecule has 1 heterocycles. The standard InChI is InChI=1S/C19H27FN4O.HI/c1-3-21-18(24-12-10-23(11-13-24)15(2)25)22-14-19(8-9-19)16-4-6-17(20)7-5-16;/h4-7H,3,8-14H2,1-2H3,(H,21,22);1H. The molecule has 5 nitrogen and oxygen atoms in total. The van der Waals surface area contributed by atoms with Gasteiger partial charge in [-0.15, -0.1) is 24.0 Å². The van der Waals surface area contributed by atoms with Gasteiger partial charge in [0.25, 0.3) is 0 Å². The molecule has 0 spiro atoms. The first-order chi connectivity index (χ1) is 12.0. The molecule has 2 aliphatic rings. The van der Waals surface area contributed by atoms with E-state index in [1.54, 1.807) is 6.92 Å². The van der Waals surface area contributed by atoms with E-state index >= 15 is 0 Å². The Kier molecular flexibility index (Phi) is 7.25. The quantitative estimate of drug-likeness (QED) is 0.415. The number of halogens is 2. The molecule has 7 heteroatoms. The molecule has 0 atom stereocenters. The normalized spacial score (nSPS) is 19.0. The van der Waals surface area contributed by atoms with Crippen molar-refractivity contribution in [2.75, 3.05) is 39.3 Å². The lowest BCUT2D eigenvalue weighted by atomic mass is 9.96. The molecule has 0 radical (unpaired) electrons. The number of guanidine groups is 1. The van der Waals surface area contributed by atoms with E-state index < -0.39 is 0 Å². The zero-order chi connectivity index (χ0) is 17.9. The monoisotopic (exact) mass is 474 g/mol. The van der Waals surface area contributed by atoms with E-state index in [0.29, 0.717) is 6.54 Å². The Labute approximate surface area is 172 Å². The van der Waals surface area contributed by atoms with Gasteiger partial charge in [-0.2, -0.15) is 0 Å². The first-order valence-corrected chi connectivity index (χ1v) is 9.09. The molecule has 1 saturated carbocycles. The van der Waals surface area contributed by atoms with E-state index in [4.69, 9.17) is 4.99 Å². The Morgan fingerprint density at radius 3 is 2.23 bits per heavy atom. The molecule has 0 bridgehead atoms. The SMILES string of the molecule is CCNC(=NCC1(c2ccc(F)cc2)CC1)N1CCN(C(C)=O)CC1.I. The van der Waals surface area contributed by atoms with Gasteiger partial charge in [-0.1, -0.05) is 12.1 Å². The molecule has 1 amide bonds. The number of hydrogen-bond acceptors (Lipinski definition) is 2. The third kappa shape index (κ3) is 4.86. The van der Waals surface area contributed by atoms with Crippen LogP contribution in [0.25, 0.3) is 0 Å². The van der Waals surface area contributed by atoms with Gasteiger partial charge in [0, 0.05) is 45.1 Å². The van der Waals surface area contributed by atoms with Crippen LogP contribution in [0.5, 0.6) is 0 Å². The summed E-state index contributed by atoms with van der Waals surface area (Å²) in [6.07, 6.45) is 2.19. The summed E-state index contributed by atoms with van der Waals surface area (Å²) >= 11 is 0. The molecule has 1 aliphatic carbocycles. The third-order valence-electron chi connectivity index (χ3n) is 5.20. The number of carbonyl (C=O) groups is 1. The average Bonchev–Trinajstić information content (AvgIpc) is 3.40. The van der Waals surface area contributed by atoms with Gasteiger partial charge in [0.05, 0.1) is 6.54 Å². The lowest BCUT2D eigenvalue weighted by molar-refractivity contribution is -0.130. The van der Waals surface area contributed by atoms with Gasteiger partial charge in [-0.25, -0.2) is 4.39 Å². The second-order valence-electron chi connectivity index (χ2n) is 6.95. The molecule has 3 rings (SSSR count). The van der Waals surface area contributed by atoms with Gasteiger partial charge in [0.1, 0.15) is 5.82 Å². The Morgan fingerprint density at radius 1 is 1.15 bits per heavy atom. The number of rotatable bonds is 4. The van der Waals surface area contributed by atoms with E-state index in [-0.39, 0.29) is 41.1 Å². The average molecular weight is 474 g/mol. The maximum absolute atomic E-state index is 13.2. The number of amides is 1. The summed E-state index contributed by atoms with van der Waals surface area (Å²) < 4.78 is 13.2. The first-order valence-electron chi connectivity index (χ1n) is 9.09. The number of nitrogens with one attached hydrogen (secondary N) is 1. The van der Waals surface area contributed by atoms with E-state index in [0.717, 1.165) is 51.5 Å². The van der Waals surface area contributed by atoms with E-state index in [2.05, 4.69) is 17.1 Å². The highest BCUT2D eigenvalue weighted by Gasteiger charge is 2.44. The fourth-order valence-corrected chi connectivity index (χ4v) is 3.38. The molecular formula is C19H28FIN4O. The molecule has 2 fully saturated rings. The van der Waals surface area contributed by atoms with Gasteiger partial charge in [-0.05, 0) is 37.5 Å². The van der Waals surface area contributed by atoms with Gasteiger partial charge < -0.3 is 15.1 Å². The Balaban J connectivity index is 0.00000243. The van der Waals surface area contributed by atoms with Crippen molar-refractivity contribution in [1.82, 2.24) is 15.1 Å². The maximum Gasteiger partial charge on any atom is 0.219 e. The summed E-state index contributed by atoms with van der Waals surface area (Å²) in [6.45, 7) is 8.29. The largest absolute Gasteiger partial charge is 0.357 e. The topological polar surface area (TPSA) is 47.9 Å². The van der Waals surface area contributed by atoms with Gasteiger partial charge in [-0.3, -0.25) is 9.79 Å². The first kappa shape index (κ1) is 20.9. The minimum absolute atomic E-state index is 0. The van der Waals surface area contributed by atoms with Crippen LogP contribution in [0.2, 0.25) is 0 Å². The fourth-order valence-electron chi connectivity index (χ4n) is 3.38. The second kappa shape index (κ2) is 9.01. The number of carbonyl (C=O) groups excluding carboxylic acids is 1. The predicted octanol–water partition coefficient (Wildman–Crippen LogP) is 2.60. The predicted molar refractivity (Wildman–Crippen MR) is 113 cm³/mol. The van der Waals surface area contributed by atoms with Crippen molar-refractivity contribution in [3.8, 4) is 0 Å². The van der Waals surface area contributed by atoms with Gasteiger partial charge in [0.2, 0.25) is 5.91 Å². The van der Waals surface area contributed by atoms with Crippen molar-refractivity contribution in [3.63, 3.8) is 0 Å². The number of piperazine rings is 1. The number of hydrogen-bond donors (Lipinski definition) is 1. The highest BCUT2D eigenvalue weighted by molar-refractivity contribution is 14.0. The van der Waals surface area contributed by atoms with Crippen LogP contribution in [0.3, 0.4) is 0 Å². The van der Waals surface area contributed by atoms with Gasteiger partial charge in [0.15, 0.2) is 5.96 Å². The third-order valence-corrected chi connectivity index (χ3v) is 5.20. The van der Waals surface area contributed by atoms with Crippen molar-refractivity contribution in [2.24, 2.45) is 4.99 Å². The fraction of sp³-hybridized carbons (Fsp3) is 0.579. The second-order valence-corrected chi connectivity index (χ2v) is 6.95. The molecular weight excluding hydrogens is 446 g/mol. The van der Waals surface area contributed by atoms with E-state index in [1.165, 1.54) is 17.7 Å². The summed E-state index contributed by atoms with van der Waals surface area (Å²) in [5.74, 6) is 0.855. The molecule has 0 unspecified atom stereocenters. The van der Waals surface area contributed by atoms with Crippen LogP contribution >= 0.6 is 24.0 Å². The molecule has 1 aromatic carbocycles. The number of benzene rings is 1. The molecule has 1 aliphatic heterocycles. The van der Waals surface area contributed by atoms with E-state index in [1.807, 2.05) is 17.0 Å². The van der Waals surface area contributed by atoms with Crippen LogP contribution in [-0.2, 0) is 10.2 Å². The van der Waals surface area contributed by atoms with Crippen molar-refractivity contribution in [1.29, 1.82) is 0 Å². The summed E-state index contributed by atoms with van der Waals surface area (Å²) in [5, 5.41) is 3.37. The van der Waals surface area contributed by atoms with Crippen molar-refractivity contribution >= 4 is 35.8 Å². The minimum Gasteiger partial charge on any atom is -0.357 e. The summed E-state index contributed by atoms with van der Waals surface area (Å²) in [6, 6.07) is 6.84. The van der Waals surface area contributed by atoms with E-state index in [9.17, 15) is 9.18 Å². The highest BCUT2D eigenvalue weighted by Crippen LogP contribution is 2.48. The lowest BCUT2D eigenvalue weighted by Crippen LogP contribution is -2.53. The van der Waals surface area contributed by atoms with Crippen LogP contribution < -0.4 is 5.32 Å². The van der Waals surface area contributed by atoms with Crippen molar-refractivity contribution < 1.29 is 9.18 Å². The van der Waals surface area contributed by atoms with Crippen LogP contribution in [0.1, 0.15) is 32.3 Å². The molecule has 1 saturated heterocycles. The highest BCUT2D eigenvalue weighted by atomic mass is 127. The minimum atomic E-state index is -0.195. The molecule has 1 aromatic rings. The van der Waals surface area contributed by atoms with Crippen molar-refractivity contribution in [3.05, 3.63) is 35.6 Å². The van der Waals surface area contributed by atoms with Crippen LogP contribution in [-0.4, -0.2) is 60.9 Å². The van der Waals surface area contributed by atoms with Crippen LogP contribution in [0.4, 0.5) is 4.39 Å².